The van der Waals surface area contributed by atoms with Crippen molar-refractivity contribution < 1.29 is 35.1 Å². The number of primary amides is 1. The highest BCUT2D eigenvalue weighted by atomic mass is 35.5. The zero-order valence-corrected chi connectivity index (χ0v) is 32.7. The van der Waals surface area contributed by atoms with Gasteiger partial charge in [-0.25, -0.2) is 9.97 Å². The van der Waals surface area contributed by atoms with Crippen LogP contribution in [0.25, 0.3) is 10.8 Å². The van der Waals surface area contributed by atoms with Crippen LogP contribution in [0.4, 0.5) is 5.69 Å². The molecule has 4 rings (SSSR count). The first-order chi connectivity index (χ1) is 27.4. The van der Waals surface area contributed by atoms with Gasteiger partial charge in [0.05, 0.1) is 24.9 Å². The number of carbonyl (C=O) groups is 2. The fourth-order valence-corrected chi connectivity index (χ4v) is 6.57. The van der Waals surface area contributed by atoms with Gasteiger partial charge < -0.3 is 53.4 Å². The number of unbranched alkanes of at least 4 members (excludes halogenated alkanes) is 4. The molecular formula is C41H55ClN8O7. The second-order valence-corrected chi connectivity index (χ2v) is 14.5. The molecule has 0 fully saturated rings. The van der Waals surface area contributed by atoms with Crippen molar-refractivity contribution in [3.8, 4) is 0 Å². The molecule has 0 spiro atoms. The molecule has 2 amide bonds. The van der Waals surface area contributed by atoms with Gasteiger partial charge in [0.1, 0.15) is 35.0 Å². The van der Waals surface area contributed by atoms with E-state index in [-0.39, 0.29) is 34.8 Å². The van der Waals surface area contributed by atoms with Gasteiger partial charge in [0.15, 0.2) is 5.69 Å². The molecule has 5 atom stereocenters. The van der Waals surface area contributed by atoms with Crippen LogP contribution in [0.15, 0.2) is 71.9 Å². The highest BCUT2D eigenvalue weighted by Crippen LogP contribution is 2.26. The minimum Gasteiger partial charge on any atom is -0.394 e. The number of aryl methyl sites for hydroxylation is 2. The van der Waals surface area contributed by atoms with E-state index in [9.17, 15) is 30.0 Å². The van der Waals surface area contributed by atoms with Gasteiger partial charge >= 0.3 is 0 Å². The van der Waals surface area contributed by atoms with Gasteiger partial charge in [-0.2, -0.15) is 0 Å². The molecule has 0 bridgehead atoms. The molecule has 0 saturated heterocycles. The third-order valence-corrected chi connectivity index (χ3v) is 9.89. The van der Waals surface area contributed by atoms with E-state index in [2.05, 4.69) is 37.7 Å². The van der Waals surface area contributed by atoms with Crippen LogP contribution in [0.3, 0.4) is 0 Å². The number of carbonyl (C=O) groups excluding carboxylic acids is 2. The van der Waals surface area contributed by atoms with Gasteiger partial charge in [-0.1, -0.05) is 73.0 Å². The lowest BCUT2D eigenvalue weighted by molar-refractivity contribution is -0.117. The zero-order chi connectivity index (χ0) is 41.3. The van der Waals surface area contributed by atoms with E-state index >= 15 is 0 Å². The van der Waals surface area contributed by atoms with Crippen molar-refractivity contribution in [1.82, 2.24) is 15.3 Å². The van der Waals surface area contributed by atoms with E-state index in [1.54, 1.807) is 0 Å². The van der Waals surface area contributed by atoms with E-state index in [4.69, 9.17) is 33.9 Å². The summed E-state index contributed by atoms with van der Waals surface area (Å²) in [6.07, 6.45) is 2.78. The molecule has 1 aromatic heterocycles. The number of aliphatic hydroxyl groups excluding tert-OH is 5. The summed E-state index contributed by atoms with van der Waals surface area (Å²) in [6, 6.07) is 19.2. The number of halogens is 1. The number of nitrogens with one attached hydrogen (secondary N) is 2. The third-order valence-electron chi connectivity index (χ3n) is 9.71. The first-order valence-electron chi connectivity index (χ1n) is 19.2. The Morgan fingerprint density at radius 1 is 0.789 bits per heavy atom. The standard InChI is InChI=1S/C41H55ClN8O7/c42-34-23-48-35(36(50-34)40(45)56)39(44)47-20-8-6-10-26-15-16-27(30-12-5-4-11-29(26)30)21-31(43)41(57)49-28-17-13-25(14-18-28)9-3-1-2-7-19-46-22-32(52)37(54)38(55)33(53)24-51/h4-5,11-18,23,31-33,37-38,46,51-55H,1-3,6-10,19-22,24,43H2,(H2,44,47)(H2,45,56)(H,49,57)/t31-,32-,33+,37+,38+/m0/s1. The number of nitrogens with zero attached hydrogens (tertiary/aromatic N) is 3. The van der Waals surface area contributed by atoms with Crippen molar-refractivity contribution in [3.63, 3.8) is 0 Å². The van der Waals surface area contributed by atoms with Crippen LogP contribution >= 0.6 is 11.6 Å². The lowest BCUT2D eigenvalue weighted by Crippen LogP contribution is -2.49. The second kappa shape index (κ2) is 23.0. The van der Waals surface area contributed by atoms with Crippen LogP contribution in [0.5, 0.6) is 0 Å². The lowest BCUT2D eigenvalue weighted by atomic mass is 9.93. The molecule has 0 aliphatic rings. The summed E-state index contributed by atoms with van der Waals surface area (Å²) in [5.74, 6) is -0.982. The van der Waals surface area contributed by atoms with Crippen molar-refractivity contribution in [2.45, 2.75) is 88.2 Å². The number of amidine groups is 1. The van der Waals surface area contributed by atoms with Crippen LogP contribution in [0.2, 0.25) is 5.15 Å². The minimum atomic E-state index is -1.63. The van der Waals surface area contributed by atoms with Crippen LogP contribution in [0, 0.1) is 0 Å². The summed E-state index contributed by atoms with van der Waals surface area (Å²) in [4.78, 5) is 37.2. The van der Waals surface area contributed by atoms with Crippen LogP contribution in [-0.4, -0.2) is 110 Å². The van der Waals surface area contributed by atoms with Gasteiger partial charge in [0.25, 0.3) is 5.91 Å². The zero-order valence-electron chi connectivity index (χ0n) is 31.9. The predicted molar refractivity (Wildman–Crippen MR) is 221 cm³/mol. The van der Waals surface area contributed by atoms with E-state index in [0.29, 0.717) is 25.2 Å². The van der Waals surface area contributed by atoms with Gasteiger partial charge in [0, 0.05) is 18.8 Å². The Morgan fingerprint density at radius 3 is 2.14 bits per heavy atom. The number of aliphatic imine (C=N–C) groups is 1. The Labute approximate surface area is 337 Å². The predicted octanol–water partition coefficient (Wildman–Crippen LogP) is 1.75. The van der Waals surface area contributed by atoms with Crippen LogP contribution < -0.4 is 27.8 Å². The quantitative estimate of drug-likeness (QED) is 0.0276. The molecule has 0 aliphatic heterocycles. The smallest absolute Gasteiger partial charge is 0.269 e. The molecule has 15 nitrogen and oxygen atoms in total. The monoisotopic (exact) mass is 806 g/mol. The average Bonchev–Trinajstić information content (AvgIpc) is 3.21. The summed E-state index contributed by atoms with van der Waals surface area (Å²) in [6.45, 7) is 0.398. The lowest BCUT2D eigenvalue weighted by Gasteiger charge is -2.25. The Kier molecular flexibility index (Phi) is 18.2. The number of aliphatic hydroxyl groups is 5. The number of hydrogen-bond acceptors (Lipinski definition) is 12. The Hall–Kier alpha value is -4.58. The molecule has 3 aromatic carbocycles. The normalized spacial score (nSPS) is 14.5. The van der Waals surface area contributed by atoms with Crippen molar-refractivity contribution in [2.75, 3.05) is 31.6 Å². The summed E-state index contributed by atoms with van der Waals surface area (Å²) in [5, 5.41) is 56.0. The van der Waals surface area contributed by atoms with Crippen molar-refractivity contribution in [1.29, 1.82) is 0 Å². The molecule has 16 heteroatoms. The maximum Gasteiger partial charge on any atom is 0.269 e. The Morgan fingerprint density at radius 2 is 1.44 bits per heavy atom. The molecule has 13 N–H and O–H groups in total. The first-order valence-corrected chi connectivity index (χ1v) is 19.6. The SMILES string of the molecule is NC(=O)c1nc(Cl)cnc1C(N)=NCCCCc1ccc(C[C@H](N)C(=O)Nc2ccc(CCCCCCNC[C@H](O)[C@@H](O)[C@H](O)[C@H](O)CO)cc2)c2ccccc12. The van der Waals surface area contributed by atoms with Crippen molar-refractivity contribution >= 4 is 45.7 Å². The highest BCUT2D eigenvalue weighted by molar-refractivity contribution is 6.29. The average molecular weight is 807 g/mol. The summed E-state index contributed by atoms with van der Waals surface area (Å²) < 4.78 is 0. The summed E-state index contributed by atoms with van der Waals surface area (Å²) in [7, 11) is 0. The van der Waals surface area contributed by atoms with E-state index in [1.807, 2.05) is 48.5 Å². The van der Waals surface area contributed by atoms with Gasteiger partial charge in [-0.3, -0.25) is 14.6 Å². The topological polar surface area (TPSA) is 276 Å². The number of fused-ring (bicyclic) bond motifs is 1. The molecule has 4 aromatic rings. The number of benzene rings is 3. The number of aromatic nitrogens is 2. The van der Waals surface area contributed by atoms with Crippen LogP contribution in [-0.2, 0) is 24.1 Å². The molecule has 0 radical (unpaired) electrons. The van der Waals surface area contributed by atoms with E-state index in [0.717, 1.165) is 73.3 Å². The van der Waals surface area contributed by atoms with Gasteiger partial charge in [-0.15, -0.1) is 0 Å². The number of rotatable bonds is 24. The molecule has 57 heavy (non-hydrogen) atoms. The molecule has 308 valence electrons. The second-order valence-electron chi connectivity index (χ2n) is 14.1. The minimum absolute atomic E-state index is 0.0359. The number of nitrogens with two attached hydrogens (primary N) is 3. The van der Waals surface area contributed by atoms with Crippen LogP contribution in [0.1, 0.15) is 71.4 Å². The third kappa shape index (κ3) is 13.8. The molecule has 0 aliphatic carbocycles. The van der Waals surface area contributed by atoms with E-state index < -0.39 is 43.0 Å². The maximum absolute atomic E-state index is 13.1. The molecular weight excluding hydrogens is 752 g/mol. The molecule has 0 saturated carbocycles. The maximum atomic E-state index is 13.1. The Balaban J connectivity index is 1.17. The number of hydrogen-bond donors (Lipinski definition) is 10. The molecule has 1 heterocycles. The van der Waals surface area contributed by atoms with Gasteiger partial charge in [-0.05, 0) is 91.1 Å². The molecule has 0 unspecified atom stereocenters. The largest absolute Gasteiger partial charge is 0.394 e. The Bertz CT molecular complexity index is 1930. The summed E-state index contributed by atoms with van der Waals surface area (Å²) in [5.41, 5.74) is 21.9. The fourth-order valence-electron chi connectivity index (χ4n) is 6.43. The van der Waals surface area contributed by atoms with E-state index in [1.165, 1.54) is 11.8 Å². The highest BCUT2D eigenvalue weighted by Gasteiger charge is 2.29. The number of anilines is 1. The number of amides is 2. The van der Waals surface area contributed by atoms with Crippen molar-refractivity contribution in [2.24, 2.45) is 22.2 Å². The van der Waals surface area contributed by atoms with Crippen molar-refractivity contribution in [3.05, 3.63) is 100 Å². The summed E-state index contributed by atoms with van der Waals surface area (Å²) >= 11 is 5.83. The first kappa shape index (κ1) is 45.1. The van der Waals surface area contributed by atoms with Gasteiger partial charge in [0.2, 0.25) is 5.91 Å². The fraction of sp³-hybridized carbons (Fsp3) is 0.439.